The first kappa shape index (κ1) is 19.9. The Hall–Kier alpha value is -2.82. The van der Waals surface area contributed by atoms with Crippen molar-refractivity contribution in [3.63, 3.8) is 0 Å². The molecule has 1 aromatic heterocycles. The van der Waals surface area contributed by atoms with E-state index < -0.39 is 0 Å². The number of hydrogen-bond acceptors (Lipinski definition) is 3. The first-order valence-corrected chi connectivity index (χ1v) is 9.99. The third kappa shape index (κ3) is 4.91. The van der Waals surface area contributed by atoms with E-state index in [2.05, 4.69) is 41.9 Å². The third-order valence-corrected chi connectivity index (χ3v) is 4.78. The summed E-state index contributed by atoms with van der Waals surface area (Å²) in [5.41, 5.74) is 4.46. The molecular weight excluding hydrogens is 350 g/mol. The Morgan fingerprint density at radius 2 is 2.00 bits per heavy atom. The molecule has 0 saturated heterocycles. The van der Waals surface area contributed by atoms with Gasteiger partial charge in [0.25, 0.3) is 0 Å². The van der Waals surface area contributed by atoms with Crippen LogP contribution < -0.4 is 10.1 Å². The van der Waals surface area contributed by atoms with E-state index in [1.165, 1.54) is 5.56 Å². The van der Waals surface area contributed by atoms with E-state index in [0.29, 0.717) is 32.5 Å². The number of para-hydroxylation sites is 2. The van der Waals surface area contributed by atoms with E-state index in [1.54, 1.807) is 0 Å². The lowest BCUT2D eigenvalue weighted by Crippen LogP contribution is -2.26. The number of imidazole rings is 1. The van der Waals surface area contributed by atoms with Gasteiger partial charge in [0, 0.05) is 19.4 Å². The van der Waals surface area contributed by atoms with Gasteiger partial charge in [0.15, 0.2) is 0 Å². The molecule has 5 nitrogen and oxygen atoms in total. The molecule has 5 heteroatoms. The number of benzene rings is 2. The first-order valence-electron chi connectivity index (χ1n) is 9.99. The number of fused-ring (bicyclic) bond motifs is 1. The van der Waals surface area contributed by atoms with Gasteiger partial charge in [0.2, 0.25) is 5.91 Å². The van der Waals surface area contributed by atoms with Gasteiger partial charge in [-0.25, -0.2) is 4.98 Å². The summed E-state index contributed by atoms with van der Waals surface area (Å²) >= 11 is 0. The van der Waals surface area contributed by atoms with Crippen molar-refractivity contribution in [2.75, 3.05) is 13.2 Å². The first-order chi connectivity index (χ1) is 13.6. The zero-order valence-corrected chi connectivity index (χ0v) is 17.0. The van der Waals surface area contributed by atoms with Crippen LogP contribution in [0.5, 0.6) is 5.75 Å². The molecule has 28 heavy (non-hydrogen) atoms. The molecule has 3 aromatic rings. The van der Waals surface area contributed by atoms with Crippen molar-refractivity contribution in [3.8, 4) is 5.75 Å². The van der Waals surface area contributed by atoms with Gasteiger partial charge < -0.3 is 14.6 Å². The average molecular weight is 380 g/mol. The smallest absolute Gasteiger partial charge is 0.219 e. The Bertz CT molecular complexity index is 946. The van der Waals surface area contributed by atoms with E-state index in [1.807, 2.05) is 31.2 Å². The summed E-state index contributed by atoms with van der Waals surface area (Å²) in [6.07, 6.45) is 2.13. The van der Waals surface area contributed by atoms with Crippen molar-refractivity contribution in [1.82, 2.24) is 14.9 Å². The summed E-state index contributed by atoms with van der Waals surface area (Å²) in [7, 11) is 0. The highest BCUT2D eigenvalue weighted by atomic mass is 16.5. The van der Waals surface area contributed by atoms with Crippen LogP contribution in [-0.2, 0) is 17.8 Å². The van der Waals surface area contributed by atoms with Crippen LogP contribution in [0.3, 0.4) is 0 Å². The van der Waals surface area contributed by atoms with Crippen molar-refractivity contribution in [2.24, 2.45) is 0 Å². The fourth-order valence-corrected chi connectivity index (χ4v) is 3.40. The second kappa shape index (κ2) is 9.40. The van der Waals surface area contributed by atoms with Crippen LogP contribution in [0.25, 0.3) is 11.0 Å². The van der Waals surface area contributed by atoms with Gasteiger partial charge in [0.05, 0.1) is 17.6 Å². The topological polar surface area (TPSA) is 56.2 Å². The molecule has 1 N–H and O–H groups in total. The number of nitrogens with zero attached hydrogens (tertiary/aromatic N) is 2. The number of aryl methyl sites for hydroxylation is 2. The van der Waals surface area contributed by atoms with E-state index in [0.717, 1.165) is 34.6 Å². The molecule has 0 aliphatic rings. The molecule has 0 radical (unpaired) electrons. The number of carbonyl (C=O) groups is 1. The maximum Gasteiger partial charge on any atom is 0.219 e. The Balaban J connectivity index is 1.68. The highest BCUT2D eigenvalue weighted by Crippen LogP contribution is 2.20. The number of hydrogen-bond donors (Lipinski definition) is 1. The average Bonchev–Trinajstić information content (AvgIpc) is 3.01. The molecule has 0 aliphatic heterocycles. The van der Waals surface area contributed by atoms with Crippen molar-refractivity contribution in [1.29, 1.82) is 0 Å². The Labute approximate surface area is 166 Å². The normalized spacial score (nSPS) is 11.0. The molecule has 0 atom stereocenters. The highest BCUT2D eigenvalue weighted by Gasteiger charge is 2.11. The highest BCUT2D eigenvalue weighted by molar-refractivity contribution is 5.76. The summed E-state index contributed by atoms with van der Waals surface area (Å²) in [5, 5.41) is 2.97. The van der Waals surface area contributed by atoms with Crippen molar-refractivity contribution in [3.05, 3.63) is 59.4 Å². The predicted octanol–water partition coefficient (Wildman–Crippen LogP) is 4.19. The lowest BCUT2D eigenvalue weighted by Gasteiger charge is -2.13. The van der Waals surface area contributed by atoms with Gasteiger partial charge in [-0.1, -0.05) is 36.8 Å². The number of aromatic nitrogens is 2. The number of nitrogens with one attached hydrogen (secondary N) is 1. The van der Waals surface area contributed by atoms with Gasteiger partial charge in [-0.05, 0) is 44.0 Å². The summed E-state index contributed by atoms with van der Waals surface area (Å²) < 4.78 is 8.22. The van der Waals surface area contributed by atoms with Gasteiger partial charge in [-0.2, -0.15) is 0 Å². The summed E-state index contributed by atoms with van der Waals surface area (Å²) in [4.78, 5) is 16.5. The quantitative estimate of drug-likeness (QED) is 0.606. The van der Waals surface area contributed by atoms with Crippen molar-refractivity contribution >= 4 is 16.9 Å². The standard InChI is InChI=1S/C23H29N3O2/c1-4-7-23(27)24-13-12-22-25-19-8-5-6-9-20(19)26(22)14-15-28-21-11-10-17(2)16-18(21)3/h5-6,8-11,16H,4,7,12-15H2,1-3H3,(H,24,27). The van der Waals surface area contributed by atoms with Gasteiger partial charge in [-0.15, -0.1) is 0 Å². The summed E-state index contributed by atoms with van der Waals surface area (Å²) in [5.74, 6) is 1.99. The molecule has 2 aromatic carbocycles. The maximum absolute atomic E-state index is 11.7. The fraction of sp³-hybridized carbons (Fsp3) is 0.391. The van der Waals surface area contributed by atoms with Crippen LogP contribution in [0, 0.1) is 13.8 Å². The Morgan fingerprint density at radius 3 is 2.79 bits per heavy atom. The maximum atomic E-state index is 11.7. The molecule has 0 saturated carbocycles. The second-order valence-electron chi connectivity index (χ2n) is 7.14. The minimum absolute atomic E-state index is 0.100. The minimum atomic E-state index is 0.100. The van der Waals surface area contributed by atoms with Crippen LogP contribution in [0.4, 0.5) is 0 Å². The van der Waals surface area contributed by atoms with Gasteiger partial charge in [0.1, 0.15) is 18.2 Å². The predicted molar refractivity (Wildman–Crippen MR) is 113 cm³/mol. The fourth-order valence-electron chi connectivity index (χ4n) is 3.40. The van der Waals surface area contributed by atoms with Crippen molar-refractivity contribution < 1.29 is 9.53 Å². The van der Waals surface area contributed by atoms with Crippen molar-refractivity contribution in [2.45, 2.75) is 46.6 Å². The zero-order valence-electron chi connectivity index (χ0n) is 17.0. The lowest BCUT2D eigenvalue weighted by atomic mass is 10.1. The van der Waals surface area contributed by atoms with E-state index in [9.17, 15) is 4.79 Å². The molecular formula is C23H29N3O2. The van der Waals surface area contributed by atoms with Crippen LogP contribution in [0.2, 0.25) is 0 Å². The molecule has 3 rings (SSSR count). The molecule has 148 valence electrons. The monoisotopic (exact) mass is 379 g/mol. The van der Waals surface area contributed by atoms with E-state index >= 15 is 0 Å². The number of rotatable bonds is 9. The molecule has 0 spiro atoms. The van der Waals surface area contributed by atoms with Crippen LogP contribution in [0.1, 0.15) is 36.7 Å². The molecule has 1 amide bonds. The van der Waals surface area contributed by atoms with E-state index in [4.69, 9.17) is 9.72 Å². The molecule has 0 aliphatic carbocycles. The Kier molecular flexibility index (Phi) is 6.69. The minimum Gasteiger partial charge on any atom is -0.491 e. The lowest BCUT2D eigenvalue weighted by molar-refractivity contribution is -0.121. The van der Waals surface area contributed by atoms with Crippen LogP contribution >= 0.6 is 0 Å². The number of ether oxygens (including phenoxy) is 1. The van der Waals surface area contributed by atoms with Gasteiger partial charge >= 0.3 is 0 Å². The van der Waals surface area contributed by atoms with E-state index in [-0.39, 0.29) is 5.91 Å². The summed E-state index contributed by atoms with van der Waals surface area (Å²) in [6.45, 7) is 8.04. The molecule has 0 unspecified atom stereocenters. The Morgan fingerprint density at radius 1 is 1.18 bits per heavy atom. The second-order valence-corrected chi connectivity index (χ2v) is 7.14. The van der Waals surface area contributed by atoms with Crippen LogP contribution in [-0.4, -0.2) is 28.6 Å². The summed E-state index contributed by atoms with van der Waals surface area (Å²) in [6, 6.07) is 14.4. The zero-order chi connectivity index (χ0) is 19.9. The number of carbonyl (C=O) groups excluding carboxylic acids is 1. The molecule has 1 heterocycles. The number of amides is 1. The SMILES string of the molecule is CCCC(=O)NCCc1nc2ccccc2n1CCOc1ccc(C)cc1C. The third-order valence-electron chi connectivity index (χ3n) is 4.78. The van der Waals surface area contributed by atoms with Gasteiger partial charge in [-0.3, -0.25) is 4.79 Å². The largest absolute Gasteiger partial charge is 0.491 e. The molecule has 0 bridgehead atoms. The van der Waals surface area contributed by atoms with Crippen LogP contribution in [0.15, 0.2) is 42.5 Å². The molecule has 0 fully saturated rings.